The molecule has 0 saturated heterocycles. The van der Waals surface area contributed by atoms with Crippen LogP contribution < -0.4 is 5.43 Å². The highest BCUT2D eigenvalue weighted by Crippen LogP contribution is 2.45. The molecule has 1 N–H and O–H groups in total. The summed E-state index contributed by atoms with van der Waals surface area (Å²) in [4.78, 5) is 11.5. The zero-order valence-corrected chi connectivity index (χ0v) is 19.1. The molecule has 1 aliphatic carbocycles. The van der Waals surface area contributed by atoms with Crippen molar-refractivity contribution in [3.8, 4) is 0 Å². The van der Waals surface area contributed by atoms with Gasteiger partial charge in [0.25, 0.3) is 0 Å². The second-order valence-electron chi connectivity index (χ2n) is 8.22. The first-order chi connectivity index (χ1) is 13.9. The molecule has 0 fully saturated rings. The van der Waals surface area contributed by atoms with Gasteiger partial charge >= 0.3 is 0 Å². The molecule has 1 unspecified atom stereocenters. The number of hydrazone groups is 1. The highest BCUT2D eigenvalue weighted by atomic mass is 35.5. The predicted molar refractivity (Wildman–Crippen MR) is 125 cm³/mol. The molecule has 0 amide bonds. The molecule has 0 aliphatic heterocycles. The number of hydrogen-bond donors (Lipinski definition) is 1. The molecule has 4 rings (SSSR count). The van der Waals surface area contributed by atoms with Gasteiger partial charge in [-0.2, -0.15) is 5.10 Å². The largest absolute Gasteiger partial charge is 0.261 e. The Balaban J connectivity index is 1.64. The van der Waals surface area contributed by atoms with Crippen LogP contribution in [-0.4, -0.2) is 16.2 Å². The molecule has 0 radical (unpaired) electrons. The molecular formula is C22H24Cl2N4S. The highest BCUT2D eigenvalue weighted by molar-refractivity contribution is 7.19. The Bertz CT molecular complexity index is 1070. The first-order valence-electron chi connectivity index (χ1n) is 9.88. The third-order valence-corrected chi connectivity index (χ3v) is 7.96. The molecule has 0 saturated carbocycles. The summed E-state index contributed by atoms with van der Waals surface area (Å²) < 4.78 is 0. The monoisotopic (exact) mass is 446 g/mol. The zero-order valence-electron chi connectivity index (χ0n) is 16.8. The van der Waals surface area contributed by atoms with Crippen LogP contribution in [0.25, 0.3) is 10.2 Å². The van der Waals surface area contributed by atoms with Crippen LogP contribution in [-0.2, 0) is 12.8 Å². The van der Waals surface area contributed by atoms with Gasteiger partial charge < -0.3 is 0 Å². The Morgan fingerprint density at radius 3 is 2.90 bits per heavy atom. The van der Waals surface area contributed by atoms with Crippen molar-refractivity contribution in [2.75, 3.05) is 5.43 Å². The van der Waals surface area contributed by atoms with Crippen LogP contribution in [0.2, 0.25) is 10.0 Å². The van der Waals surface area contributed by atoms with E-state index >= 15 is 0 Å². The summed E-state index contributed by atoms with van der Waals surface area (Å²) in [6.45, 7) is 7.05. The van der Waals surface area contributed by atoms with E-state index in [0.717, 1.165) is 34.4 Å². The number of aromatic nitrogens is 2. The maximum Gasteiger partial charge on any atom is 0.158 e. The van der Waals surface area contributed by atoms with Crippen molar-refractivity contribution in [1.29, 1.82) is 0 Å². The van der Waals surface area contributed by atoms with Crippen LogP contribution in [0.3, 0.4) is 0 Å². The summed E-state index contributed by atoms with van der Waals surface area (Å²) in [5.74, 6) is 1.42. The number of fused-ring (bicyclic) bond motifs is 3. The van der Waals surface area contributed by atoms with Crippen molar-refractivity contribution < 1.29 is 0 Å². The standard InChI is InChI=1S/C22H24Cl2N4S/c1-4-22(2,3)14-6-8-18-16(9-14)19-20(25-12-26-21(19)29-18)28-27-11-13-5-7-15(23)10-17(13)24/h5,7,10-12,14H,4,6,8-9H2,1-3H3,(H,25,26,28). The first-order valence-corrected chi connectivity index (χ1v) is 11.5. The van der Waals surface area contributed by atoms with Crippen molar-refractivity contribution >= 4 is 56.8 Å². The fourth-order valence-corrected chi connectivity index (χ4v) is 5.56. The Morgan fingerprint density at radius 1 is 1.31 bits per heavy atom. The topological polar surface area (TPSA) is 50.2 Å². The van der Waals surface area contributed by atoms with Gasteiger partial charge in [-0.1, -0.05) is 56.5 Å². The Kier molecular flexibility index (Phi) is 5.83. The van der Waals surface area contributed by atoms with E-state index in [1.165, 1.54) is 23.3 Å². The average Bonchev–Trinajstić information content (AvgIpc) is 3.08. The first kappa shape index (κ1) is 20.6. The number of rotatable bonds is 5. The zero-order chi connectivity index (χ0) is 20.6. The minimum atomic E-state index is 0.332. The van der Waals surface area contributed by atoms with Crippen LogP contribution in [0, 0.1) is 11.3 Å². The van der Waals surface area contributed by atoms with Crippen LogP contribution in [0.15, 0.2) is 29.6 Å². The van der Waals surface area contributed by atoms with Gasteiger partial charge in [0.1, 0.15) is 11.2 Å². The van der Waals surface area contributed by atoms with E-state index in [2.05, 4.69) is 41.3 Å². The number of thiophene rings is 1. The highest BCUT2D eigenvalue weighted by Gasteiger charge is 2.33. The van der Waals surface area contributed by atoms with Crippen LogP contribution in [0.1, 0.15) is 49.6 Å². The maximum atomic E-state index is 6.23. The van der Waals surface area contributed by atoms with Gasteiger partial charge in [0.05, 0.1) is 16.6 Å². The van der Waals surface area contributed by atoms with E-state index in [1.807, 2.05) is 6.07 Å². The summed E-state index contributed by atoms with van der Waals surface area (Å²) in [5.41, 5.74) is 5.64. The minimum absolute atomic E-state index is 0.332. The fraction of sp³-hybridized carbons (Fsp3) is 0.409. The summed E-state index contributed by atoms with van der Waals surface area (Å²) in [6.07, 6.45) is 7.91. The van der Waals surface area contributed by atoms with E-state index < -0.39 is 0 Å². The number of benzene rings is 1. The van der Waals surface area contributed by atoms with Crippen molar-refractivity contribution in [2.45, 2.75) is 46.5 Å². The molecule has 4 nitrogen and oxygen atoms in total. The van der Waals surface area contributed by atoms with Crippen molar-refractivity contribution in [1.82, 2.24) is 9.97 Å². The molecule has 0 bridgehead atoms. The molecule has 1 aliphatic rings. The van der Waals surface area contributed by atoms with Gasteiger partial charge in [0.2, 0.25) is 0 Å². The summed E-state index contributed by atoms with van der Waals surface area (Å²) in [7, 11) is 0. The molecule has 1 aromatic carbocycles. The van der Waals surface area contributed by atoms with E-state index in [4.69, 9.17) is 23.2 Å². The van der Waals surface area contributed by atoms with Gasteiger partial charge in [-0.25, -0.2) is 9.97 Å². The van der Waals surface area contributed by atoms with Gasteiger partial charge in [0.15, 0.2) is 5.82 Å². The lowest BCUT2D eigenvalue weighted by molar-refractivity contribution is 0.184. The molecule has 152 valence electrons. The SMILES string of the molecule is CCC(C)(C)C1CCc2sc3ncnc(NN=Cc4ccc(Cl)cc4Cl)c3c2C1. The Hall–Kier alpha value is -1.69. The maximum absolute atomic E-state index is 6.23. The molecule has 7 heteroatoms. The summed E-state index contributed by atoms with van der Waals surface area (Å²) >= 11 is 14.0. The van der Waals surface area contributed by atoms with Crippen molar-refractivity contribution in [2.24, 2.45) is 16.4 Å². The van der Waals surface area contributed by atoms with Crippen molar-refractivity contribution in [3.05, 3.63) is 50.6 Å². The molecule has 0 spiro atoms. The lowest BCUT2D eigenvalue weighted by atomic mass is 9.69. The van der Waals surface area contributed by atoms with Crippen LogP contribution in [0.5, 0.6) is 0 Å². The Labute approximate surface area is 185 Å². The fourth-order valence-electron chi connectivity index (χ4n) is 3.92. The quantitative estimate of drug-likeness (QED) is 0.339. The third kappa shape index (κ3) is 4.14. The second-order valence-corrected chi connectivity index (χ2v) is 10.2. The Morgan fingerprint density at radius 2 is 2.14 bits per heavy atom. The van der Waals surface area contributed by atoms with Gasteiger partial charge in [0, 0.05) is 15.5 Å². The van der Waals surface area contributed by atoms with E-state index in [1.54, 1.807) is 36.0 Å². The second kappa shape index (κ2) is 8.21. The summed E-state index contributed by atoms with van der Waals surface area (Å²) in [6, 6.07) is 5.34. The minimum Gasteiger partial charge on any atom is -0.261 e. The van der Waals surface area contributed by atoms with E-state index in [0.29, 0.717) is 21.4 Å². The molecule has 29 heavy (non-hydrogen) atoms. The lowest BCUT2D eigenvalue weighted by Gasteiger charge is -2.36. The van der Waals surface area contributed by atoms with E-state index in [-0.39, 0.29) is 0 Å². The molecule has 2 heterocycles. The number of anilines is 1. The third-order valence-electron chi connectivity index (χ3n) is 6.19. The number of halogens is 2. The molecule has 1 atom stereocenters. The summed E-state index contributed by atoms with van der Waals surface area (Å²) in [5, 5.41) is 6.66. The average molecular weight is 447 g/mol. The number of nitrogens with one attached hydrogen (secondary N) is 1. The molecule has 3 aromatic rings. The van der Waals surface area contributed by atoms with Crippen molar-refractivity contribution in [3.63, 3.8) is 0 Å². The van der Waals surface area contributed by atoms with Crippen LogP contribution >= 0.6 is 34.5 Å². The smallest absolute Gasteiger partial charge is 0.158 e. The predicted octanol–water partition coefficient (Wildman–Crippen LogP) is 6.99. The number of aryl methyl sites for hydroxylation is 1. The lowest BCUT2D eigenvalue weighted by Crippen LogP contribution is -2.28. The van der Waals surface area contributed by atoms with Gasteiger partial charge in [-0.15, -0.1) is 11.3 Å². The normalized spacial score (nSPS) is 17.1. The number of nitrogens with zero attached hydrogens (tertiary/aromatic N) is 3. The number of hydrogen-bond acceptors (Lipinski definition) is 5. The molecular weight excluding hydrogens is 423 g/mol. The van der Waals surface area contributed by atoms with Crippen LogP contribution in [0.4, 0.5) is 5.82 Å². The van der Waals surface area contributed by atoms with Gasteiger partial charge in [-0.05, 0) is 48.3 Å². The molecule has 2 aromatic heterocycles. The van der Waals surface area contributed by atoms with Gasteiger partial charge in [-0.3, -0.25) is 5.43 Å². The van der Waals surface area contributed by atoms with E-state index in [9.17, 15) is 0 Å².